The van der Waals surface area contributed by atoms with Crippen molar-refractivity contribution in [1.82, 2.24) is 10.2 Å². The molecule has 1 aromatic heterocycles. The van der Waals surface area contributed by atoms with E-state index in [-0.39, 0.29) is 0 Å². The molecule has 1 saturated heterocycles. The van der Waals surface area contributed by atoms with Crippen molar-refractivity contribution in [2.45, 2.75) is 52.7 Å². The molecule has 2 heterocycles. The predicted octanol–water partition coefficient (Wildman–Crippen LogP) is 2.94. The van der Waals surface area contributed by atoms with Crippen LogP contribution < -0.4 is 5.32 Å². The van der Waals surface area contributed by atoms with E-state index in [0.29, 0.717) is 12.1 Å². The summed E-state index contributed by atoms with van der Waals surface area (Å²) in [5.41, 5.74) is 1.43. The molecule has 0 spiro atoms. The molecule has 1 aliphatic rings. The number of hydrogen-bond donors (Lipinski definition) is 1. The zero-order chi connectivity index (χ0) is 12.4. The van der Waals surface area contributed by atoms with Crippen molar-refractivity contribution in [3.8, 4) is 0 Å². The molecule has 1 fully saturated rings. The molecule has 17 heavy (non-hydrogen) atoms. The number of rotatable bonds is 4. The highest BCUT2D eigenvalue weighted by molar-refractivity contribution is 7.12. The lowest BCUT2D eigenvalue weighted by Gasteiger charge is -2.20. The van der Waals surface area contributed by atoms with Crippen molar-refractivity contribution in [3.63, 3.8) is 0 Å². The summed E-state index contributed by atoms with van der Waals surface area (Å²) in [6.07, 6.45) is 1.29. The molecule has 1 aliphatic heterocycles. The molecule has 0 aromatic carbocycles. The smallest absolute Gasteiger partial charge is 0.0303 e. The fourth-order valence-electron chi connectivity index (χ4n) is 2.40. The Balaban J connectivity index is 1.80. The molecule has 1 aromatic rings. The van der Waals surface area contributed by atoms with Crippen LogP contribution in [0.3, 0.4) is 0 Å². The molecule has 0 radical (unpaired) electrons. The molecule has 0 amide bonds. The van der Waals surface area contributed by atoms with Crippen molar-refractivity contribution < 1.29 is 0 Å². The Kier molecular flexibility index (Phi) is 4.23. The molecule has 96 valence electrons. The third-order valence-corrected chi connectivity index (χ3v) is 4.88. The Bertz CT molecular complexity index is 351. The Morgan fingerprint density at radius 1 is 1.47 bits per heavy atom. The van der Waals surface area contributed by atoms with Crippen molar-refractivity contribution in [2.24, 2.45) is 0 Å². The van der Waals surface area contributed by atoms with Crippen molar-refractivity contribution in [3.05, 3.63) is 21.4 Å². The maximum absolute atomic E-state index is 3.69. The average molecular weight is 252 g/mol. The summed E-state index contributed by atoms with van der Waals surface area (Å²) in [5, 5.41) is 3.69. The maximum atomic E-state index is 3.69. The third kappa shape index (κ3) is 3.30. The molecule has 3 heteroatoms. The minimum absolute atomic E-state index is 0.681. The molecule has 1 atom stereocenters. The first-order valence-electron chi connectivity index (χ1n) is 6.59. The summed E-state index contributed by atoms with van der Waals surface area (Å²) in [5.74, 6) is 0. The van der Waals surface area contributed by atoms with Crippen LogP contribution in [-0.4, -0.2) is 30.1 Å². The van der Waals surface area contributed by atoms with Gasteiger partial charge in [-0.05, 0) is 52.3 Å². The van der Waals surface area contributed by atoms with Crippen LogP contribution in [0.1, 0.15) is 35.6 Å². The molecular formula is C14H24N2S. The molecule has 2 nitrogen and oxygen atoms in total. The monoisotopic (exact) mass is 252 g/mol. The van der Waals surface area contributed by atoms with Crippen LogP contribution in [0.5, 0.6) is 0 Å². The zero-order valence-corrected chi connectivity index (χ0v) is 12.2. The molecule has 0 bridgehead atoms. The van der Waals surface area contributed by atoms with Crippen LogP contribution in [0.2, 0.25) is 0 Å². The topological polar surface area (TPSA) is 15.3 Å². The lowest BCUT2D eigenvalue weighted by Crippen LogP contribution is -2.34. The van der Waals surface area contributed by atoms with Crippen molar-refractivity contribution >= 4 is 11.3 Å². The third-order valence-electron chi connectivity index (χ3n) is 3.73. The Morgan fingerprint density at radius 2 is 2.24 bits per heavy atom. The lowest BCUT2D eigenvalue weighted by atomic mass is 10.2. The summed E-state index contributed by atoms with van der Waals surface area (Å²) >= 11 is 1.93. The maximum Gasteiger partial charge on any atom is 0.0303 e. The van der Waals surface area contributed by atoms with Crippen LogP contribution in [0, 0.1) is 13.8 Å². The van der Waals surface area contributed by atoms with Gasteiger partial charge in [0.1, 0.15) is 0 Å². The molecule has 1 unspecified atom stereocenters. The number of nitrogens with zero attached hydrogens (tertiary/aromatic N) is 1. The van der Waals surface area contributed by atoms with Gasteiger partial charge in [0, 0.05) is 34.9 Å². The number of likely N-dealkylation sites (tertiary alicyclic amines) is 1. The van der Waals surface area contributed by atoms with Gasteiger partial charge < -0.3 is 5.32 Å². The first-order chi connectivity index (χ1) is 8.06. The summed E-state index contributed by atoms with van der Waals surface area (Å²) < 4.78 is 0. The first kappa shape index (κ1) is 13.1. The molecule has 0 aliphatic carbocycles. The quantitative estimate of drug-likeness (QED) is 0.886. The fraction of sp³-hybridized carbons (Fsp3) is 0.714. The van der Waals surface area contributed by atoms with Crippen LogP contribution in [-0.2, 0) is 6.54 Å². The van der Waals surface area contributed by atoms with Crippen molar-refractivity contribution in [1.29, 1.82) is 0 Å². The van der Waals surface area contributed by atoms with E-state index >= 15 is 0 Å². The van der Waals surface area contributed by atoms with Crippen molar-refractivity contribution in [2.75, 3.05) is 13.1 Å². The van der Waals surface area contributed by atoms with Crippen LogP contribution in [0.25, 0.3) is 0 Å². The molecule has 0 saturated carbocycles. The molecule has 2 rings (SSSR count). The van der Waals surface area contributed by atoms with E-state index < -0.39 is 0 Å². The second kappa shape index (κ2) is 5.51. The number of nitrogens with one attached hydrogen (secondary N) is 1. The fourth-order valence-corrected chi connectivity index (χ4v) is 3.41. The van der Waals surface area contributed by atoms with Crippen LogP contribution >= 0.6 is 11.3 Å². The van der Waals surface area contributed by atoms with Gasteiger partial charge in [-0.25, -0.2) is 0 Å². The largest absolute Gasteiger partial charge is 0.308 e. The minimum atomic E-state index is 0.681. The van der Waals surface area contributed by atoms with Gasteiger partial charge in [0.15, 0.2) is 0 Å². The van der Waals surface area contributed by atoms with Gasteiger partial charge in [0.05, 0.1) is 0 Å². The first-order valence-corrected chi connectivity index (χ1v) is 7.41. The van der Waals surface area contributed by atoms with Crippen LogP contribution in [0.4, 0.5) is 0 Å². The highest BCUT2D eigenvalue weighted by Gasteiger charge is 2.23. The highest BCUT2D eigenvalue weighted by Crippen LogP contribution is 2.21. The van der Waals surface area contributed by atoms with E-state index in [1.165, 1.54) is 34.8 Å². The van der Waals surface area contributed by atoms with Gasteiger partial charge in [0.25, 0.3) is 0 Å². The second-order valence-electron chi connectivity index (χ2n) is 5.41. The van der Waals surface area contributed by atoms with Gasteiger partial charge in [0.2, 0.25) is 0 Å². The van der Waals surface area contributed by atoms with E-state index in [9.17, 15) is 0 Å². The summed E-state index contributed by atoms with van der Waals surface area (Å²) in [6.45, 7) is 12.5. The Labute approximate surface area is 109 Å². The summed E-state index contributed by atoms with van der Waals surface area (Å²) in [7, 11) is 0. The summed E-state index contributed by atoms with van der Waals surface area (Å²) in [4.78, 5) is 5.49. The predicted molar refractivity (Wildman–Crippen MR) is 75.7 cm³/mol. The average Bonchev–Trinajstić information content (AvgIpc) is 2.84. The van der Waals surface area contributed by atoms with E-state index in [4.69, 9.17) is 0 Å². The van der Waals surface area contributed by atoms with Gasteiger partial charge in [-0.2, -0.15) is 0 Å². The van der Waals surface area contributed by atoms with Crippen LogP contribution in [0.15, 0.2) is 6.07 Å². The van der Waals surface area contributed by atoms with E-state index in [1.54, 1.807) is 0 Å². The summed E-state index contributed by atoms with van der Waals surface area (Å²) in [6, 6.07) is 3.69. The molecular weight excluding hydrogens is 228 g/mol. The van der Waals surface area contributed by atoms with E-state index in [1.807, 2.05) is 11.3 Å². The van der Waals surface area contributed by atoms with E-state index in [2.05, 4.69) is 44.0 Å². The zero-order valence-electron chi connectivity index (χ0n) is 11.4. The van der Waals surface area contributed by atoms with Gasteiger partial charge >= 0.3 is 0 Å². The van der Waals surface area contributed by atoms with E-state index in [0.717, 1.165) is 6.54 Å². The number of hydrogen-bond acceptors (Lipinski definition) is 3. The Hall–Kier alpha value is -0.380. The van der Waals surface area contributed by atoms with Gasteiger partial charge in [-0.3, -0.25) is 4.90 Å². The van der Waals surface area contributed by atoms with Gasteiger partial charge in [-0.1, -0.05) is 0 Å². The minimum Gasteiger partial charge on any atom is -0.308 e. The lowest BCUT2D eigenvalue weighted by molar-refractivity contribution is 0.268. The van der Waals surface area contributed by atoms with Gasteiger partial charge in [-0.15, -0.1) is 11.3 Å². The number of thiophene rings is 1. The standard InChI is InChI=1S/C14H24N2S/c1-10(2)16-6-5-13(9-16)15-8-14-7-11(3)12(4)17-14/h7,10,13,15H,5-6,8-9H2,1-4H3. The second-order valence-corrected chi connectivity index (χ2v) is 6.75. The molecule has 1 N–H and O–H groups in total. The normalized spacial score (nSPS) is 21.6. The highest BCUT2D eigenvalue weighted by atomic mass is 32.1. The number of aryl methyl sites for hydroxylation is 2. The Morgan fingerprint density at radius 3 is 2.76 bits per heavy atom. The SMILES string of the molecule is Cc1cc(CNC2CCN(C(C)C)C2)sc1C.